The van der Waals surface area contributed by atoms with Gasteiger partial charge in [-0.15, -0.1) is 11.3 Å². The van der Waals surface area contributed by atoms with E-state index < -0.39 is 0 Å². The summed E-state index contributed by atoms with van der Waals surface area (Å²) in [4.78, 5) is 2.85. The predicted molar refractivity (Wildman–Crippen MR) is 104 cm³/mol. The smallest absolute Gasteiger partial charge is 0.171 e. The molecule has 1 aromatic heterocycles. The zero-order valence-electron chi connectivity index (χ0n) is 14.2. The van der Waals surface area contributed by atoms with Crippen molar-refractivity contribution in [2.45, 2.75) is 13.0 Å². The SMILES string of the molecule is Cc1ccc(NC(=S)NC[C@@H](c2cccs2)[NH+]2CCOCC2)cc1F. The Morgan fingerprint density at radius 3 is 2.84 bits per heavy atom. The lowest BCUT2D eigenvalue weighted by molar-refractivity contribution is -0.937. The van der Waals surface area contributed by atoms with Gasteiger partial charge in [-0.1, -0.05) is 12.1 Å². The number of rotatable bonds is 5. The van der Waals surface area contributed by atoms with E-state index in [0.29, 0.717) is 22.4 Å². The molecule has 7 heteroatoms. The Morgan fingerprint density at radius 2 is 2.16 bits per heavy atom. The van der Waals surface area contributed by atoms with Gasteiger partial charge in [0, 0.05) is 5.69 Å². The monoisotopic (exact) mass is 380 g/mol. The molecule has 0 bridgehead atoms. The molecule has 1 aromatic carbocycles. The minimum atomic E-state index is -0.234. The van der Waals surface area contributed by atoms with E-state index in [9.17, 15) is 4.39 Å². The van der Waals surface area contributed by atoms with Gasteiger partial charge in [-0.2, -0.15) is 0 Å². The van der Waals surface area contributed by atoms with E-state index >= 15 is 0 Å². The van der Waals surface area contributed by atoms with Gasteiger partial charge in [0.05, 0.1) is 24.6 Å². The van der Waals surface area contributed by atoms with Crippen LogP contribution in [0.5, 0.6) is 0 Å². The summed E-state index contributed by atoms with van der Waals surface area (Å²) in [5, 5.41) is 8.97. The van der Waals surface area contributed by atoms with Crippen molar-refractivity contribution in [3.8, 4) is 0 Å². The molecule has 1 aliphatic rings. The highest BCUT2D eigenvalue weighted by molar-refractivity contribution is 7.80. The van der Waals surface area contributed by atoms with Crippen LogP contribution in [-0.4, -0.2) is 38.0 Å². The van der Waals surface area contributed by atoms with Gasteiger partial charge in [0.15, 0.2) is 5.11 Å². The lowest BCUT2D eigenvalue weighted by Gasteiger charge is -2.31. The molecule has 1 fully saturated rings. The molecule has 0 radical (unpaired) electrons. The Bertz CT molecular complexity index is 702. The maximum Gasteiger partial charge on any atom is 0.171 e. The lowest BCUT2D eigenvalue weighted by Crippen LogP contribution is -3.15. The quantitative estimate of drug-likeness (QED) is 0.695. The largest absolute Gasteiger partial charge is 0.370 e. The van der Waals surface area contributed by atoms with Crippen molar-refractivity contribution in [2.75, 3.05) is 38.2 Å². The average molecular weight is 381 g/mol. The van der Waals surface area contributed by atoms with Crippen LogP contribution in [0.25, 0.3) is 0 Å². The Labute approximate surface area is 157 Å². The number of quaternary nitrogens is 1. The van der Waals surface area contributed by atoms with Crippen molar-refractivity contribution in [1.29, 1.82) is 0 Å². The Hall–Kier alpha value is -1.54. The number of thiophene rings is 1. The van der Waals surface area contributed by atoms with Crippen LogP contribution in [0.15, 0.2) is 35.7 Å². The fourth-order valence-electron chi connectivity index (χ4n) is 2.96. The number of ether oxygens (including phenoxy) is 1. The first-order valence-corrected chi connectivity index (χ1v) is 9.69. The number of morpholine rings is 1. The van der Waals surface area contributed by atoms with Crippen molar-refractivity contribution < 1.29 is 14.0 Å². The molecule has 1 saturated heterocycles. The molecule has 134 valence electrons. The first-order valence-electron chi connectivity index (χ1n) is 8.40. The van der Waals surface area contributed by atoms with Gasteiger partial charge < -0.3 is 20.3 Å². The third kappa shape index (κ3) is 4.98. The number of anilines is 1. The summed E-state index contributed by atoms with van der Waals surface area (Å²) >= 11 is 7.16. The molecule has 1 atom stereocenters. The standard InChI is InChI=1S/C18H22FN3OS2/c1-13-4-5-14(11-15(13)19)21-18(24)20-12-16(17-3-2-10-25-17)22-6-8-23-9-7-22/h2-5,10-11,16H,6-9,12H2,1H3,(H2,20,21,24)/p+1/t16-/m0/s1. The summed E-state index contributed by atoms with van der Waals surface area (Å²) in [5.74, 6) is -0.234. The van der Waals surface area contributed by atoms with Crippen molar-refractivity contribution in [1.82, 2.24) is 5.32 Å². The molecule has 0 amide bonds. The van der Waals surface area contributed by atoms with Crippen LogP contribution in [0, 0.1) is 12.7 Å². The first-order chi connectivity index (χ1) is 12.1. The number of hydrogen-bond donors (Lipinski definition) is 3. The normalized spacial score (nSPS) is 16.4. The maximum atomic E-state index is 13.7. The molecule has 2 heterocycles. The van der Waals surface area contributed by atoms with Gasteiger partial charge in [0.25, 0.3) is 0 Å². The number of halogens is 1. The van der Waals surface area contributed by atoms with Crippen LogP contribution in [-0.2, 0) is 4.74 Å². The molecule has 1 aliphatic heterocycles. The number of benzene rings is 1. The van der Waals surface area contributed by atoms with E-state index in [4.69, 9.17) is 17.0 Å². The summed E-state index contributed by atoms with van der Waals surface area (Å²) < 4.78 is 19.1. The fourth-order valence-corrected chi connectivity index (χ4v) is 4.05. The van der Waals surface area contributed by atoms with E-state index in [-0.39, 0.29) is 5.82 Å². The van der Waals surface area contributed by atoms with E-state index in [1.807, 2.05) is 6.07 Å². The summed E-state index contributed by atoms with van der Waals surface area (Å²) in [6, 6.07) is 9.62. The second-order valence-corrected chi connectivity index (χ2v) is 7.53. The predicted octanol–water partition coefficient (Wildman–Crippen LogP) is 2.14. The van der Waals surface area contributed by atoms with Crippen molar-refractivity contribution in [3.63, 3.8) is 0 Å². The zero-order chi connectivity index (χ0) is 17.6. The van der Waals surface area contributed by atoms with E-state index in [0.717, 1.165) is 32.8 Å². The van der Waals surface area contributed by atoms with E-state index in [1.54, 1.807) is 24.3 Å². The molecule has 0 saturated carbocycles. The molecule has 25 heavy (non-hydrogen) atoms. The van der Waals surface area contributed by atoms with Crippen molar-refractivity contribution >= 4 is 34.4 Å². The van der Waals surface area contributed by atoms with Crippen LogP contribution in [0.3, 0.4) is 0 Å². The summed E-state index contributed by atoms with van der Waals surface area (Å²) in [7, 11) is 0. The highest BCUT2D eigenvalue weighted by Crippen LogP contribution is 2.17. The number of thiocarbonyl (C=S) groups is 1. The third-order valence-electron chi connectivity index (χ3n) is 4.41. The second kappa shape index (κ2) is 8.71. The zero-order valence-corrected chi connectivity index (χ0v) is 15.8. The Kier molecular flexibility index (Phi) is 6.36. The van der Waals surface area contributed by atoms with Gasteiger partial charge in [-0.25, -0.2) is 4.39 Å². The molecular weight excluding hydrogens is 357 g/mol. The molecule has 0 aliphatic carbocycles. The lowest BCUT2D eigenvalue weighted by atomic mass is 10.2. The van der Waals surface area contributed by atoms with Crippen LogP contribution in [0.4, 0.5) is 10.1 Å². The van der Waals surface area contributed by atoms with Crippen molar-refractivity contribution in [2.24, 2.45) is 0 Å². The topological polar surface area (TPSA) is 37.7 Å². The molecular formula is C18H23FN3OS2+. The minimum absolute atomic E-state index is 0.234. The van der Waals surface area contributed by atoms with Gasteiger partial charge in [0.2, 0.25) is 0 Å². The fraction of sp³-hybridized carbons (Fsp3) is 0.389. The Balaban J connectivity index is 1.60. The van der Waals surface area contributed by atoms with Crippen LogP contribution in [0.1, 0.15) is 16.5 Å². The van der Waals surface area contributed by atoms with E-state index in [2.05, 4.69) is 28.1 Å². The molecule has 2 aromatic rings. The van der Waals surface area contributed by atoms with Crippen LogP contribution >= 0.6 is 23.6 Å². The van der Waals surface area contributed by atoms with Crippen molar-refractivity contribution in [3.05, 3.63) is 52.0 Å². The molecule has 4 nitrogen and oxygen atoms in total. The molecule has 3 N–H and O–H groups in total. The van der Waals surface area contributed by atoms with E-state index in [1.165, 1.54) is 15.8 Å². The molecule has 0 spiro atoms. The summed E-state index contributed by atoms with van der Waals surface area (Å²) in [6.07, 6.45) is 0. The second-order valence-electron chi connectivity index (χ2n) is 6.14. The molecule has 0 unspecified atom stereocenters. The average Bonchev–Trinajstić information content (AvgIpc) is 3.14. The molecule has 3 rings (SSSR count). The number of nitrogens with one attached hydrogen (secondary N) is 3. The summed E-state index contributed by atoms with van der Waals surface area (Å²) in [5.41, 5.74) is 1.28. The van der Waals surface area contributed by atoms with Gasteiger partial charge in [-0.05, 0) is 48.3 Å². The van der Waals surface area contributed by atoms with Crippen LogP contribution < -0.4 is 15.5 Å². The maximum absolute atomic E-state index is 13.7. The van der Waals surface area contributed by atoms with Gasteiger partial charge >= 0.3 is 0 Å². The highest BCUT2D eigenvalue weighted by Gasteiger charge is 2.27. The summed E-state index contributed by atoms with van der Waals surface area (Å²) in [6.45, 7) is 6.05. The third-order valence-corrected chi connectivity index (χ3v) is 5.64. The first kappa shape index (κ1) is 18.3. The number of hydrogen-bond acceptors (Lipinski definition) is 3. The highest BCUT2D eigenvalue weighted by atomic mass is 32.1. The van der Waals surface area contributed by atoms with Gasteiger partial charge in [0.1, 0.15) is 24.9 Å². The number of aryl methyl sites for hydroxylation is 1. The Morgan fingerprint density at radius 1 is 1.36 bits per heavy atom. The minimum Gasteiger partial charge on any atom is -0.370 e. The van der Waals surface area contributed by atoms with Crippen LogP contribution in [0.2, 0.25) is 0 Å². The van der Waals surface area contributed by atoms with Gasteiger partial charge in [-0.3, -0.25) is 0 Å².